The molecule has 0 saturated carbocycles. The number of nitrogens with zero attached hydrogens (tertiary/aromatic N) is 1. The quantitative estimate of drug-likeness (QED) is 0.698. The summed E-state index contributed by atoms with van der Waals surface area (Å²) in [5.41, 5.74) is 1.03. The molecule has 0 radical (unpaired) electrons. The molecular weight excluding hydrogens is 297 g/mol. The van der Waals surface area contributed by atoms with E-state index >= 15 is 0 Å². The van der Waals surface area contributed by atoms with Crippen LogP contribution in [-0.2, 0) is 15.2 Å². The third-order valence-electron chi connectivity index (χ3n) is 4.29. The molecule has 0 fully saturated rings. The van der Waals surface area contributed by atoms with Crippen LogP contribution in [0, 0.1) is 0 Å². The molecule has 4 nitrogen and oxygen atoms in total. The van der Waals surface area contributed by atoms with E-state index in [9.17, 15) is 4.89 Å². The summed E-state index contributed by atoms with van der Waals surface area (Å²) in [6, 6.07) is 10.7. The van der Waals surface area contributed by atoms with E-state index in [1.807, 2.05) is 30.3 Å². The average molecular weight is 329 g/mol. The maximum absolute atomic E-state index is 11.3. The number of hydrogen-bond donors (Lipinski definition) is 1. The second-order valence-electron chi connectivity index (χ2n) is 6.42. The summed E-state index contributed by atoms with van der Waals surface area (Å²) >= 11 is 0. The molecular formula is C17H32NO3P. The van der Waals surface area contributed by atoms with Crippen LogP contribution in [0.3, 0.4) is 0 Å². The third-order valence-corrected chi connectivity index (χ3v) is 8.02. The predicted molar refractivity (Wildman–Crippen MR) is 95.1 cm³/mol. The van der Waals surface area contributed by atoms with Crippen LogP contribution in [0.5, 0.6) is 0 Å². The predicted octanol–water partition coefficient (Wildman–Crippen LogP) is 3.89. The summed E-state index contributed by atoms with van der Waals surface area (Å²) in [6.45, 7) is 9.43. The van der Waals surface area contributed by atoms with Gasteiger partial charge in [0.1, 0.15) is 0 Å². The fourth-order valence-electron chi connectivity index (χ4n) is 2.83. The van der Waals surface area contributed by atoms with Crippen molar-refractivity contribution in [2.45, 2.75) is 45.9 Å². The molecule has 1 aromatic rings. The molecule has 0 bridgehead atoms. The van der Waals surface area contributed by atoms with Gasteiger partial charge < -0.3 is 0 Å². The van der Waals surface area contributed by atoms with E-state index in [1.54, 1.807) is 14.2 Å². The molecule has 0 aliphatic rings. The van der Waals surface area contributed by atoms with Gasteiger partial charge in [-0.05, 0) is 0 Å². The second-order valence-corrected chi connectivity index (χ2v) is 10.4. The van der Waals surface area contributed by atoms with Gasteiger partial charge in [-0.2, -0.15) is 0 Å². The minimum absolute atomic E-state index is 0.416. The van der Waals surface area contributed by atoms with Crippen LogP contribution in [0.25, 0.3) is 0 Å². The zero-order chi connectivity index (χ0) is 16.8. The number of rotatable bonds is 9. The monoisotopic (exact) mass is 329 g/mol. The molecule has 0 aromatic heterocycles. The first-order valence-electron chi connectivity index (χ1n) is 7.92. The standard InChI is InChI=1S/C17H32NO3P/c1-15(2)18(16(3)4)12-13-22(19,20-5,21-6)14-17-10-8-7-9-11-17/h7-11,15-16,19H,12-14H2,1-6H3. The molecule has 0 spiro atoms. The molecule has 0 saturated heterocycles. The molecule has 1 aromatic carbocycles. The van der Waals surface area contributed by atoms with Crippen LogP contribution in [0.1, 0.15) is 33.3 Å². The first kappa shape index (κ1) is 19.5. The molecule has 1 rings (SSSR count). The van der Waals surface area contributed by atoms with Crippen molar-refractivity contribution in [1.82, 2.24) is 4.90 Å². The Labute approximate surface area is 135 Å². The molecule has 0 heterocycles. The minimum atomic E-state index is -3.67. The Morgan fingerprint density at radius 3 is 1.91 bits per heavy atom. The average Bonchev–Trinajstić information content (AvgIpc) is 2.48. The molecule has 0 unspecified atom stereocenters. The van der Waals surface area contributed by atoms with Crippen molar-refractivity contribution >= 4 is 7.28 Å². The van der Waals surface area contributed by atoms with Gasteiger partial charge in [0.15, 0.2) is 0 Å². The molecule has 22 heavy (non-hydrogen) atoms. The van der Waals surface area contributed by atoms with Crippen molar-refractivity contribution in [1.29, 1.82) is 0 Å². The second kappa shape index (κ2) is 7.85. The Morgan fingerprint density at radius 1 is 1.00 bits per heavy atom. The topological polar surface area (TPSA) is 41.9 Å². The van der Waals surface area contributed by atoms with E-state index < -0.39 is 7.28 Å². The summed E-state index contributed by atoms with van der Waals surface area (Å²) in [6.07, 6.45) is 0.924. The fourth-order valence-corrected chi connectivity index (χ4v) is 5.32. The first-order valence-corrected chi connectivity index (χ1v) is 10.3. The van der Waals surface area contributed by atoms with Crippen LogP contribution in [0.2, 0.25) is 0 Å². The first-order chi connectivity index (χ1) is 10.2. The third kappa shape index (κ3) is 5.00. The summed E-state index contributed by atoms with van der Waals surface area (Å²) in [7, 11) is -0.556. The van der Waals surface area contributed by atoms with E-state index in [0.29, 0.717) is 24.4 Å². The molecule has 0 aliphatic carbocycles. The van der Waals surface area contributed by atoms with Crippen LogP contribution < -0.4 is 0 Å². The van der Waals surface area contributed by atoms with Gasteiger partial charge in [0.25, 0.3) is 0 Å². The fraction of sp³-hybridized carbons (Fsp3) is 0.647. The summed E-state index contributed by atoms with van der Waals surface area (Å²) in [4.78, 5) is 13.7. The van der Waals surface area contributed by atoms with Gasteiger partial charge in [-0.15, -0.1) is 0 Å². The van der Waals surface area contributed by atoms with E-state index in [-0.39, 0.29) is 0 Å². The van der Waals surface area contributed by atoms with Gasteiger partial charge in [-0.3, -0.25) is 0 Å². The zero-order valence-electron chi connectivity index (χ0n) is 14.8. The molecule has 0 aliphatic heterocycles. The van der Waals surface area contributed by atoms with E-state index in [0.717, 1.165) is 12.1 Å². The van der Waals surface area contributed by atoms with Crippen LogP contribution in [0.15, 0.2) is 30.3 Å². The van der Waals surface area contributed by atoms with Gasteiger partial charge >= 0.3 is 135 Å². The van der Waals surface area contributed by atoms with Crippen LogP contribution in [0.4, 0.5) is 0 Å². The zero-order valence-corrected chi connectivity index (χ0v) is 15.7. The van der Waals surface area contributed by atoms with Crippen molar-refractivity contribution in [3.05, 3.63) is 35.9 Å². The van der Waals surface area contributed by atoms with Crippen molar-refractivity contribution in [2.75, 3.05) is 26.9 Å². The van der Waals surface area contributed by atoms with E-state index in [2.05, 4.69) is 32.6 Å². The van der Waals surface area contributed by atoms with Gasteiger partial charge in [0.05, 0.1) is 0 Å². The Bertz CT molecular complexity index is 438. The van der Waals surface area contributed by atoms with Crippen LogP contribution in [-0.4, -0.2) is 48.8 Å². The van der Waals surface area contributed by atoms with Gasteiger partial charge in [-0.25, -0.2) is 0 Å². The Balaban J connectivity index is 2.94. The molecule has 128 valence electrons. The normalized spacial score (nSPS) is 14.5. The Hall–Kier alpha value is -0.510. The van der Waals surface area contributed by atoms with Gasteiger partial charge in [-0.1, -0.05) is 0 Å². The SMILES string of the molecule is COP(O)(CCN(C(C)C)C(C)C)(Cc1ccccc1)OC. The van der Waals surface area contributed by atoms with Crippen molar-refractivity contribution < 1.29 is 13.9 Å². The molecule has 0 atom stereocenters. The molecule has 0 amide bonds. The van der Waals surface area contributed by atoms with Crippen molar-refractivity contribution in [3.8, 4) is 0 Å². The van der Waals surface area contributed by atoms with Crippen molar-refractivity contribution in [3.63, 3.8) is 0 Å². The van der Waals surface area contributed by atoms with Gasteiger partial charge in [0.2, 0.25) is 0 Å². The molecule has 1 N–H and O–H groups in total. The Kier molecular flexibility index (Phi) is 6.97. The van der Waals surface area contributed by atoms with Crippen molar-refractivity contribution in [2.24, 2.45) is 0 Å². The maximum atomic E-state index is 11.3. The Morgan fingerprint density at radius 2 is 1.50 bits per heavy atom. The van der Waals surface area contributed by atoms with E-state index in [4.69, 9.17) is 9.05 Å². The van der Waals surface area contributed by atoms with Crippen LogP contribution >= 0.6 is 7.28 Å². The summed E-state index contributed by atoms with van der Waals surface area (Å²) in [5, 5.41) is 0. The number of benzene rings is 1. The molecule has 5 heteroatoms. The van der Waals surface area contributed by atoms with E-state index in [1.165, 1.54) is 0 Å². The summed E-state index contributed by atoms with van der Waals surface area (Å²) in [5.74, 6) is 0. The van der Waals surface area contributed by atoms with Gasteiger partial charge in [0, 0.05) is 0 Å². The number of hydrogen-bond acceptors (Lipinski definition) is 4. The summed E-state index contributed by atoms with van der Waals surface area (Å²) < 4.78 is 11.3.